The molecule has 1 rings (SSSR count). The van der Waals surface area contributed by atoms with Crippen molar-refractivity contribution < 1.29 is 0 Å². The maximum atomic E-state index is 4.08. The van der Waals surface area contributed by atoms with E-state index in [9.17, 15) is 0 Å². The Morgan fingerprint density at radius 1 is 1.58 bits per heavy atom. The van der Waals surface area contributed by atoms with Gasteiger partial charge in [0.2, 0.25) is 0 Å². The molecule has 0 bridgehead atoms. The van der Waals surface area contributed by atoms with Crippen LogP contribution in [0.25, 0.3) is 0 Å². The lowest BCUT2D eigenvalue weighted by Gasteiger charge is -2.36. The SMILES string of the molecule is C=C(C)[C@@H](C)[C@]1(C)CCCC1C. The van der Waals surface area contributed by atoms with Gasteiger partial charge in [-0.15, -0.1) is 0 Å². The van der Waals surface area contributed by atoms with E-state index in [1.807, 2.05) is 0 Å². The van der Waals surface area contributed by atoms with E-state index in [1.165, 1.54) is 24.8 Å². The highest BCUT2D eigenvalue weighted by Crippen LogP contribution is 2.49. The maximum absolute atomic E-state index is 4.08. The quantitative estimate of drug-likeness (QED) is 0.543. The first-order chi connectivity index (χ1) is 5.48. The lowest BCUT2D eigenvalue weighted by molar-refractivity contribution is 0.173. The van der Waals surface area contributed by atoms with E-state index in [0.29, 0.717) is 11.3 Å². The van der Waals surface area contributed by atoms with Crippen LogP contribution in [0.4, 0.5) is 0 Å². The monoisotopic (exact) mass is 166 g/mol. The highest BCUT2D eigenvalue weighted by molar-refractivity contribution is 5.04. The zero-order valence-corrected chi connectivity index (χ0v) is 8.98. The Hall–Kier alpha value is -0.260. The molecule has 0 aliphatic heterocycles. The third kappa shape index (κ3) is 1.44. The third-order valence-corrected chi connectivity index (χ3v) is 4.21. The van der Waals surface area contributed by atoms with Gasteiger partial charge in [-0.1, -0.05) is 45.8 Å². The average Bonchev–Trinajstić information content (AvgIpc) is 2.32. The van der Waals surface area contributed by atoms with Crippen LogP contribution in [0, 0.1) is 17.3 Å². The summed E-state index contributed by atoms with van der Waals surface area (Å²) < 4.78 is 0. The van der Waals surface area contributed by atoms with Crippen LogP contribution in [0.15, 0.2) is 12.2 Å². The molecule has 1 aliphatic rings. The fraction of sp³-hybridized carbons (Fsp3) is 0.833. The van der Waals surface area contributed by atoms with E-state index in [2.05, 4.69) is 34.3 Å². The summed E-state index contributed by atoms with van der Waals surface area (Å²) in [5.41, 5.74) is 1.89. The van der Waals surface area contributed by atoms with Crippen molar-refractivity contribution in [3.05, 3.63) is 12.2 Å². The minimum absolute atomic E-state index is 0.534. The molecule has 0 aromatic carbocycles. The second-order valence-electron chi connectivity index (χ2n) is 4.87. The molecule has 0 heterocycles. The van der Waals surface area contributed by atoms with E-state index in [4.69, 9.17) is 0 Å². The molecule has 0 amide bonds. The van der Waals surface area contributed by atoms with Crippen LogP contribution in [0.3, 0.4) is 0 Å². The van der Waals surface area contributed by atoms with E-state index < -0.39 is 0 Å². The van der Waals surface area contributed by atoms with Crippen molar-refractivity contribution in [3.63, 3.8) is 0 Å². The molecular formula is C12H22. The number of hydrogen-bond donors (Lipinski definition) is 0. The molecule has 0 aromatic rings. The predicted octanol–water partition coefficient (Wildman–Crippen LogP) is 4.02. The standard InChI is InChI=1S/C12H22/c1-9(2)11(4)12(5)8-6-7-10(12)3/h10-11H,1,6-8H2,2-5H3/t10?,11-,12-/m1/s1. The summed E-state index contributed by atoms with van der Waals surface area (Å²) in [6.07, 6.45) is 4.21. The van der Waals surface area contributed by atoms with Crippen LogP contribution < -0.4 is 0 Å². The van der Waals surface area contributed by atoms with Gasteiger partial charge in [-0.25, -0.2) is 0 Å². The molecule has 0 aromatic heterocycles. The third-order valence-electron chi connectivity index (χ3n) is 4.21. The van der Waals surface area contributed by atoms with Crippen LogP contribution in [0.5, 0.6) is 0 Å². The highest BCUT2D eigenvalue weighted by Gasteiger charge is 2.40. The normalized spacial score (nSPS) is 38.2. The van der Waals surface area contributed by atoms with Crippen molar-refractivity contribution in [2.45, 2.75) is 47.0 Å². The van der Waals surface area contributed by atoms with Gasteiger partial charge in [-0.05, 0) is 30.6 Å². The van der Waals surface area contributed by atoms with Crippen molar-refractivity contribution >= 4 is 0 Å². The molecule has 70 valence electrons. The highest BCUT2D eigenvalue weighted by atomic mass is 14.4. The fourth-order valence-electron chi connectivity index (χ4n) is 2.57. The van der Waals surface area contributed by atoms with Crippen LogP contribution >= 0.6 is 0 Å². The topological polar surface area (TPSA) is 0 Å². The Morgan fingerprint density at radius 2 is 2.17 bits per heavy atom. The summed E-state index contributed by atoms with van der Waals surface area (Å²) in [7, 11) is 0. The lowest BCUT2D eigenvalue weighted by atomic mass is 9.69. The first-order valence-electron chi connectivity index (χ1n) is 5.14. The zero-order valence-electron chi connectivity index (χ0n) is 8.98. The van der Waals surface area contributed by atoms with E-state index in [-0.39, 0.29) is 0 Å². The Balaban J connectivity index is 2.76. The molecule has 0 spiro atoms. The van der Waals surface area contributed by atoms with Gasteiger partial charge in [0.25, 0.3) is 0 Å². The van der Waals surface area contributed by atoms with Gasteiger partial charge in [-0.3, -0.25) is 0 Å². The summed E-state index contributed by atoms with van der Waals surface area (Å²) in [6, 6.07) is 0. The molecular weight excluding hydrogens is 144 g/mol. The molecule has 0 saturated heterocycles. The van der Waals surface area contributed by atoms with Crippen molar-refractivity contribution in [2.24, 2.45) is 17.3 Å². The molecule has 0 heteroatoms. The van der Waals surface area contributed by atoms with Crippen LogP contribution in [0.2, 0.25) is 0 Å². The lowest BCUT2D eigenvalue weighted by Crippen LogP contribution is -2.28. The van der Waals surface area contributed by atoms with Crippen LogP contribution in [0.1, 0.15) is 47.0 Å². The molecule has 1 fully saturated rings. The number of rotatable bonds is 2. The smallest absolute Gasteiger partial charge is 0.0181 e. The van der Waals surface area contributed by atoms with E-state index >= 15 is 0 Å². The van der Waals surface area contributed by atoms with Crippen molar-refractivity contribution in [3.8, 4) is 0 Å². The van der Waals surface area contributed by atoms with E-state index in [0.717, 1.165) is 5.92 Å². The second kappa shape index (κ2) is 3.24. The minimum atomic E-state index is 0.534. The Morgan fingerprint density at radius 3 is 2.50 bits per heavy atom. The Kier molecular flexibility index (Phi) is 2.65. The maximum Gasteiger partial charge on any atom is -0.0181 e. The first-order valence-corrected chi connectivity index (χ1v) is 5.14. The Bertz CT molecular complexity index is 180. The van der Waals surface area contributed by atoms with Gasteiger partial charge in [0.1, 0.15) is 0 Å². The molecule has 1 saturated carbocycles. The largest absolute Gasteiger partial charge is 0.0999 e. The van der Waals surface area contributed by atoms with Gasteiger partial charge >= 0.3 is 0 Å². The fourth-order valence-corrected chi connectivity index (χ4v) is 2.57. The van der Waals surface area contributed by atoms with Crippen LogP contribution in [-0.2, 0) is 0 Å². The summed E-state index contributed by atoms with van der Waals surface area (Å²) in [5, 5.41) is 0. The molecule has 0 radical (unpaired) electrons. The Labute approximate surface area is 77.1 Å². The first kappa shape index (κ1) is 9.83. The average molecular weight is 166 g/mol. The van der Waals surface area contributed by atoms with Gasteiger partial charge < -0.3 is 0 Å². The van der Waals surface area contributed by atoms with Gasteiger partial charge in [0.05, 0.1) is 0 Å². The van der Waals surface area contributed by atoms with Gasteiger partial charge in [-0.2, -0.15) is 0 Å². The van der Waals surface area contributed by atoms with Crippen molar-refractivity contribution in [1.29, 1.82) is 0 Å². The predicted molar refractivity (Wildman–Crippen MR) is 55.1 cm³/mol. The molecule has 12 heavy (non-hydrogen) atoms. The van der Waals surface area contributed by atoms with Crippen LogP contribution in [-0.4, -0.2) is 0 Å². The molecule has 0 N–H and O–H groups in total. The van der Waals surface area contributed by atoms with Gasteiger partial charge in [0.15, 0.2) is 0 Å². The molecule has 1 unspecified atom stereocenters. The van der Waals surface area contributed by atoms with E-state index in [1.54, 1.807) is 0 Å². The van der Waals surface area contributed by atoms with Crippen molar-refractivity contribution in [2.75, 3.05) is 0 Å². The summed E-state index contributed by atoms with van der Waals surface area (Å²) in [5.74, 6) is 1.57. The number of hydrogen-bond acceptors (Lipinski definition) is 0. The molecule has 3 atom stereocenters. The molecule has 1 aliphatic carbocycles. The second-order valence-corrected chi connectivity index (χ2v) is 4.87. The minimum Gasteiger partial charge on any atom is -0.0999 e. The van der Waals surface area contributed by atoms with Crippen molar-refractivity contribution in [1.82, 2.24) is 0 Å². The number of allylic oxidation sites excluding steroid dienone is 1. The summed E-state index contributed by atoms with van der Waals surface area (Å²) >= 11 is 0. The summed E-state index contributed by atoms with van der Waals surface area (Å²) in [6.45, 7) is 13.4. The van der Waals surface area contributed by atoms with Gasteiger partial charge in [0, 0.05) is 0 Å². The summed E-state index contributed by atoms with van der Waals surface area (Å²) in [4.78, 5) is 0. The zero-order chi connectivity index (χ0) is 9.35. The molecule has 0 nitrogen and oxygen atoms in total.